The van der Waals surface area contributed by atoms with E-state index in [1.54, 1.807) is 0 Å². The van der Waals surface area contributed by atoms with Gasteiger partial charge >= 0.3 is 12.2 Å². The summed E-state index contributed by atoms with van der Waals surface area (Å²) in [6.45, 7) is 2.95. The maximum absolute atomic E-state index is 13.3. The van der Waals surface area contributed by atoms with Gasteiger partial charge < -0.3 is 4.90 Å². The van der Waals surface area contributed by atoms with Gasteiger partial charge in [-0.1, -0.05) is 0 Å². The number of halogens is 4. The average Bonchev–Trinajstić information content (AvgIpc) is 2.51. The SMILES string of the molecule is CN1C(=O)N(c2ccc(F)c(C(F)(F)F)c2)C(=O)C1(C)C. The van der Waals surface area contributed by atoms with E-state index in [2.05, 4.69) is 0 Å². The van der Waals surface area contributed by atoms with Crippen LogP contribution in [0.25, 0.3) is 0 Å². The summed E-state index contributed by atoms with van der Waals surface area (Å²) >= 11 is 0. The zero-order chi connectivity index (χ0) is 16.2. The molecule has 114 valence electrons. The van der Waals surface area contributed by atoms with E-state index in [0.717, 1.165) is 11.0 Å². The Kier molecular flexibility index (Phi) is 3.23. The first-order valence-corrected chi connectivity index (χ1v) is 5.97. The van der Waals surface area contributed by atoms with Gasteiger partial charge in [0.05, 0.1) is 11.3 Å². The number of likely N-dealkylation sites (N-methyl/N-ethyl adjacent to an activating group) is 1. The van der Waals surface area contributed by atoms with E-state index in [-0.39, 0.29) is 5.69 Å². The Morgan fingerprint density at radius 3 is 2.14 bits per heavy atom. The summed E-state index contributed by atoms with van der Waals surface area (Å²) in [7, 11) is 1.37. The minimum Gasteiger partial charge on any atom is -0.313 e. The van der Waals surface area contributed by atoms with Crippen LogP contribution in [0.4, 0.5) is 28.0 Å². The number of carbonyl (C=O) groups is 2. The largest absolute Gasteiger partial charge is 0.419 e. The number of hydrogen-bond acceptors (Lipinski definition) is 2. The standard InChI is InChI=1S/C13H12F4N2O2/c1-12(2)10(20)19(11(21)18(12)3)7-4-5-9(14)8(6-7)13(15,16)17/h4-6H,1-3H3. The second-order valence-electron chi connectivity index (χ2n) is 5.20. The van der Waals surface area contributed by atoms with Gasteiger partial charge in [0.2, 0.25) is 0 Å². The van der Waals surface area contributed by atoms with Crippen molar-refractivity contribution in [2.24, 2.45) is 0 Å². The van der Waals surface area contributed by atoms with Crippen LogP contribution >= 0.6 is 0 Å². The van der Waals surface area contributed by atoms with Gasteiger partial charge in [-0.05, 0) is 32.0 Å². The molecule has 3 amide bonds. The highest BCUT2D eigenvalue weighted by atomic mass is 19.4. The van der Waals surface area contributed by atoms with E-state index in [9.17, 15) is 27.2 Å². The van der Waals surface area contributed by atoms with Crippen LogP contribution in [-0.2, 0) is 11.0 Å². The molecule has 0 unspecified atom stereocenters. The molecule has 0 N–H and O–H groups in total. The van der Waals surface area contributed by atoms with Crippen LogP contribution in [0.15, 0.2) is 18.2 Å². The summed E-state index contributed by atoms with van der Waals surface area (Å²) in [5.74, 6) is -2.13. The number of imide groups is 1. The summed E-state index contributed by atoms with van der Waals surface area (Å²) in [5, 5.41) is 0. The van der Waals surface area contributed by atoms with Gasteiger partial charge in [0, 0.05) is 7.05 Å². The molecule has 4 nitrogen and oxygen atoms in total. The molecule has 0 atom stereocenters. The number of carbonyl (C=O) groups excluding carboxylic acids is 2. The lowest BCUT2D eigenvalue weighted by atomic mass is 10.0. The Morgan fingerprint density at radius 1 is 1.14 bits per heavy atom. The van der Waals surface area contributed by atoms with E-state index < -0.39 is 35.0 Å². The predicted molar refractivity (Wildman–Crippen MR) is 66.1 cm³/mol. The zero-order valence-corrected chi connectivity index (χ0v) is 11.5. The van der Waals surface area contributed by atoms with Crippen molar-refractivity contribution in [3.8, 4) is 0 Å². The number of alkyl halides is 3. The van der Waals surface area contributed by atoms with Crippen molar-refractivity contribution < 1.29 is 27.2 Å². The van der Waals surface area contributed by atoms with E-state index in [4.69, 9.17) is 0 Å². The molecule has 1 fully saturated rings. The molecule has 0 radical (unpaired) electrons. The molecule has 1 aliphatic heterocycles. The van der Waals surface area contributed by atoms with Crippen molar-refractivity contribution >= 4 is 17.6 Å². The molecule has 0 saturated carbocycles. The molecule has 2 rings (SSSR count). The van der Waals surface area contributed by atoms with E-state index in [1.165, 1.54) is 20.9 Å². The number of hydrogen-bond donors (Lipinski definition) is 0. The molecule has 21 heavy (non-hydrogen) atoms. The third kappa shape index (κ3) is 2.24. The molecule has 1 heterocycles. The van der Waals surface area contributed by atoms with Gasteiger partial charge in [-0.3, -0.25) is 4.79 Å². The summed E-state index contributed by atoms with van der Waals surface area (Å²) in [6.07, 6.45) is -4.91. The van der Waals surface area contributed by atoms with Crippen molar-refractivity contribution in [2.75, 3.05) is 11.9 Å². The average molecular weight is 304 g/mol. The van der Waals surface area contributed by atoms with Crippen molar-refractivity contribution in [3.63, 3.8) is 0 Å². The predicted octanol–water partition coefficient (Wildman–Crippen LogP) is 3.02. The van der Waals surface area contributed by atoms with Crippen LogP contribution in [0.2, 0.25) is 0 Å². The maximum Gasteiger partial charge on any atom is 0.419 e. The number of rotatable bonds is 1. The molecule has 1 aromatic carbocycles. The topological polar surface area (TPSA) is 40.6 Å². The Labute approximate surface area is 117 Å². The fraction of sp³-hybridized carbons (Fsp3) is 0.385. The summed E-state index contributed by atoms with van der Waals surface area (Å²) in [4.78, 5) is 26.0. The minimum atomic E-state index is -4.91. The fourth-order valence-electron chi connectivity index (χ4n) is 1.99. The first kappa shape index (κ1) is 15.3. The van der Waals surface area contributed by atoms with Gasteiger partial charge in [0.15, 0.2) is 0 Å². The summed E-state index contributed by atoms with van der Waals surface area (Å²) in [6, 6.07) is 1.25. The highest BCUT2D eigenvalue weighted by Gasteiger charge is 2.50. The molecule has 1 saturated heterocycles. The Balaban J connectivity index is 2.54. The van der Waals surface area contributed by atoms with Gasteiger partial charge in [-0.25, -0.2) is 14.1 Å². The highest BCUT2D eigenvalue weighted by molar-refractivity contribution is 6.22. The molecular formula is C13H12F4N2O2. The van der Waals surface area contributed by atoms with E-state index >= 15 is 0 Å². The third-order valence-electron chi connectivity index (χ3n) is 3.56. The number of amides is 3. The molecule has 1 aliphatic rings. The smallest absolute Gasteiger partial charge is 0.313 e. The van der Waals surface area contributed by atoms with Gasteiger partial charge in [-0.2, -0.15) is 13.2 Å². The molecular weight excluding hydrogens is 292 g/mol. The number of nitrogens with zero attached hydrogens (tertiary/aromatic N) is 2. The van der Waals surface area contributed by atoms with Gasteiger partial charge in [0.25, 0.3) is 5.91 Å². The van der Waals surface area contributed by atoms with Gasteiger partial charge in [-0.15, -0.1) is 0 Å². The van der Waals surface area contributed by atoms with Crippen molar-refractivity contribution in [2.45, 2.75) is 25.6 Å². The quantitative estimate of drug-likeness (QED) is 0.591. The molecule has 0 bridgehead atoms. The molecule has 0 aliphatic carbocycles. The monoisotopic (exact) mass is 304 g/mol. The number of anilines is 1. The third-order valence-corrected chi connectivity index (χ3v) is 3.56. The molecule has 1 aromatic rings. The van der Waals surface area contributed by atoms with Crippen LogP contribution in [0, 0.1) is 5.82 Å². The van der Waals surface area contributed by atoms with E-state index in [0.29, 0.717) is 17.0 Å². The maximum atomic E-state index is 13.3. The lowest BCUT2D eigenvalue weighted by Crippen LogP contribution is -2.41. The summed E-state index contributed by atoms with van der Waals surface area (Å²) < 4.78 is 51.4. The van der Waals surface area contributed by atoms with Crippen LogP contribution in [0.3, 0.4) is 0 Å². The van der Waals surface area contributed by atoms with Gasteiger partial charge in [0.1, 0.15) is 11.4 Å². The molecule has 0 aromatic heterocycles. The van der Waals surface area contributed by atoms with Crippen LogP contribution in [0.1, 0.15) is 19.4 Å². The van der Waals surface area contributed by atoms with E-state index in [1.807, 2.05) is 0 Å². The molecule has 8 heteroatoms. The second-order valence-corrected chi connectivity index (χ2v) is 5.20. The minimum absolute atomic E-state index is 0.309. The zero-order valence-electron chi connectivity index (χ0n) is 11.5. The van der Waals surface area contributed by atoms with Crippen LogP contribution in [-0.4, -0.2) is 29.4 Å². The second kappa shape index (κ2) is 4.44. The van der Waals surface area contributed by atoms with Crippen molar-refractivity contribution in [1.82, 2.24) is 4.90 Å². The highest BCUT2D eigenvalue weighted by Crippen LogP contribution is 2.36. The fourth-order valence-corrected chi connectivity index (χ4v) is 1.99. The first-order chi connectivity index (χ1) is 9.48. The van der Waals surface area contributed by atoms with Crippen molar-refractivity contribution in [1.29, 1.82) is 0 Å². The van der Waals surface area contributed by atoms with Crippen LogP contribution < -0.4 is 4.90 Å². The normalized spacial score (nSPS) is 18.6. The number of urea groups is 1. The Hall–Kier alpha value is -2.12. The Bertz CT molecular complexity index is 625. The lowest BCUT2D eigenvalue weighted by molar-refractivity contribution is -0.140. The lowest BCUT2D eigenvalue weighted by Gasteiger charge is -2.22. The molecule has 0 spiro atoms. The Morgan fingerprint density at radius 2 is 1.71 bits per heavy atom. The first-order valence-electron chi connectivity index (χ1n) is 5.97. The van der Waals surface area contributed by atoms with Crippen LogP contribution in [0.5, 0.6) is 0 Å². The number of benzene rings is 1. The van der Waals surface area contributed by atoms with Crippen molar-refractivity contribution in [3.05, 3.63) is 29.6 Å². The summed E-state index contributed by atoms with van der Waals surface area (Å²) in [5.41, 5.74) is -3.01.